The van der Waals surface area contributed by atoms with Gasteiger partial charge in [0, 0.05) is 49.9 Å². The molecule has 2 aliphatic carbocycles. The molecule has 3 aromatic rings. The van der Waals surface area contributed by atoms with Gasteiger partial charge in [-0.3, -0.25) is 14.4 Å². The number of pyridine rings is 1. The zero-order valence-corrected chi connectivity index (χ0v) is 23.4. The minimum atomic E-state index is -0.764. The molecule has 0 radical (unpaired) electrons. The molecule has 0 spiro atoms. The third kappa shape index (κ3) is 5.07. The number of anilines is 1. The number of aromatic nitrogens is 2. The number of rotatable bonds is 6. The third-order valence-electron chi connectivity index (χ3n) is 9.07. The molecule has 1 aromatic carbocycles. The Morgan fingerprint density at radius 3 is 2.51 bits per heavy atom. The van der Waals surface area contributed by atoms with Gasteiger partial charge in [-0.15, -0.1) is 0 Å². The summed E-state index contributed by atoms with van der Waals surface area (Å²) in [5.41, 5.74) is 3.59. The second kappa shape index (κ2) is 10.3. The Hall–Kier alpha value is -4.21. The van der Waals surface area contributed by atoms with Crippen LogP contribution in [0.3, 0.4) is 0 Å². The van der Waals surface area contributed by atoms with Gasteiger partial charge in [0.2, 0.25) is 11.8 Å². The van der Waals surface area contributed by atoms with Gasteiger partial charge in [-0.1, -0.05) is 0 Å². The molecule has 1 aliphatic heterocycles. The van der Waals surface area contributed by atoms with Crippen molar-refractivity contribution in [2.45, 2.75) is 59.2 Å². The van der Waals surface area contributed by atoms with Crippen molar-refractivity contribution in [3.63, 3.8) is 0 Å². The van der Waals surface area contributed by atoms with Gasteiger partial charge in [-0.05, 0) is 79.8 Å². The van der Waals surface area contributed by atoms with Gasteiger partial charge in [0.05, 0.1) is 12.1 Å². The molecule has 3 aliphatic rings. The highest BCUT2D eigenvalue weighted by molar-refractivity contribution is 6.01. The van der Waals surface area contributed by atoms with E-state index in [1.807, 2.05) is 17.6 Å². The monoisotopic (exact) mass is 559 g/mol. The number of nitrogens with zero attached hydrogens (tertiary/aromatic N) is 3. The maximum atomic E-state index is 15.3. The van der Waals surface area contributed by atoms with Crippen molar-refractivity contribution in [2.75, 3.05) is 11.9 Å². The third-order valence-corrected chi connectivity index (χ3v) is 9.07. The molecule has 6 rings (SSSR count). The number of hydrogen-bond donors (Lipinski definition) is 2. The zero-order chi connectivity index (χ0) is 29.0. The lowest BCUT2D eigenvalue weighted by Crippen LogP contribution is -2.49. The van der Waals surface area contributed by atoms with Crippen molar-refractivity contribution in [3.8, 4) is 11.1 Å². The SMILES string of the molecule is CC(=O)N1CCn2c(ccc2C(=O)N[C@H](C(=O)Nc2ccc(-c3c(C)cc[n+]([O-])c3C)c(F)c2)C2C[C@@H]3C[C@H]3C2)C1. The predicted octanol–water partition coefficient (Wildman–Crippen LogP) is 3.69. The summed E-state index contributed by atoms with van der Waals surface area (Å²) in [6.45, 7) is 6.46. The standard InChI is InChI=1S/C31H34FN5O4/c1-17-8-9-37(41)18(2)28(17)25-6-4-23(15-26(25)32)33-31(40)29(22-13-20-12-21(20)14-22)34-30(39)27-7-5-24-16-35(19(3)38)10-11-36(24)27/h4-9,15,20-22,29H,10-14,16H2,1-3H3,(H,33,40)(H,34,39)/t20-,21-,29-/m0/s1. The first kappa shape index (κ1) is 27.0. The van der Waals surface area contributed by atoms with E-state index in [0.717, 1.165) is 24.1 Å². The van der Waals surface area contributed by atoms with Crippen molar-refractivity contribution >= 4 is 23.4 Å². The molecule has 2 aromatic heterocycles. The minimum Gasteiger partial charge on any atom is -0.618 e. The minimum absolute atomic E-state index is 0.00192. The fraction of sp³-hybridized carbons (Fsp3) is 0.419. The van der Waals surface area contributed by atoms with E-state index in [2.05, 4.69) is 10.6 Å². The molecule has 0 saturated heterocycles. The lowest BCUT2D eigenvalue weighted by molar-refractivity contribution is -0.611. The summed E-state index contributed by atoms with van der Waals surface area (Å²) in [6.07, 6.45) is 4.31. The molecule has 3 heterocycles. The van der Waals surface area contributed by atoms with Crippen molar-refractivity contribution in [1.82, 2.24) is 14.8 Å². The second-order valence-corrected chi connectivity index (χ2v) is 11.7. The van der Waals surface area contributed by atoms with E-state index in [1.54, 1.807) is 36.1 Å². The predicted molar refractivity (Wildman–Crippen MR) is 150 cm³/mol. The number of hydrogen-bond acceptors (Lipinski definition) is 4. The van der Waals surface area contributed by atoms with Gasteiger partial charge in [-0.25, -0.2) is 4.39 Å². The van der Waals surface area contributed by atoms with E-state index >= 15 is 4.39 Å². The summed E-state index contributed by atoms with van der Waals surface area (Å²) in [4.78, 5) is 40.6. The van der Waals surface area contributed by atoms with Gasteiger partial charge in [0.15, 0.2) is 11.9 Å². The second-order valence-electron chi connectivity index (χ2n) is 11.7. The van der Waals surface area contributed by atoms with Crippen molar-refractivity contribution in [1.29, 1.82) is 0 Å². The highest BCUT2D eigenvalue weighted by Gasteiger charge is 2.49. The van der Waals surface area contributed by atoms with Crippen LogP contribution >= 0.6 is 0 Å². The maximum Gasteiger partial charge on any atom is 0.268 e. The van der Waals surface area contributed by atoms with E-state index < -0.39 is 11.9 Å². The number of nitrogens with one attached hydrogen (secondary N) is 2. The summed E-state index contributed by atoms with van der Waals surface area (Å²) in [5, 5.41) is 17.9. The summed E-state index contributed by atoms with van der Waals surface area (Å²) in [6, 6.07) is 8.90. The molecular formula is C31H34FN5O4. The number of benzene rings is 1. The summed E-state index contributed by atoms with van der Waals surface area (Å²) in [5.74, 6) is -0.0784. The van der Waals surface area contributed by atoms with Crippen LogP contribution in [0.2, 0.25) is 0 Å². The fourth-order valence-electron chi connectivity index (χ4n) is 6.71. The van der Waals surface area contributed by atoms with E-state index in [4.69, 9.17) is 0 Å². The van der Waals surface area contributed by atoms with Crippen LogP contribution in [0.25, 0.3) is 11.1 Å². The van der Waals surface area contributed by atoms with Gasteiger partial charge >= 0.3 is 0 Å². The normalized spacial score (nSPS) is 20.2. The number of aryl methyl sites for hydroxylation is 1. The van der Waals surface area contributed by atoms with Gasteiger partial charge in [0.25, 0.3) is 5.91 Å². The van der Waals surface area contributed by atoms with E-state index in [-0.39, 0.29) is 34.9 Å². The van der Waals surface area contributed by atoms with Crippen LogP contribution in [0.15, 0.2) is 42.6 Å². The Morgan fingerprint density at radius 1 is 1.05 bits per heavy atom. The zero-order valence-electron chi connectivity index (χ0n) is 23.4. The highest BCUT2D eigenvalue weighted by Crippen LogP contribution is 2.55. The van der Waals surface area contributed by atoms with Crippen LogP contribution in [0.5, 0.6) is 0 Å². The van der Waals surface area contributed by atoms with Gasteiger partial charge < -0.3 is 25.3 Å². The van der Waals surface area contributed by atoms with Gasteiger partial charge in [-0.2, -0.15) is 4.73 Å². The molecule has 3 atom stereocenters. The first-order valence-corrected chi connectivity index (χ1v) is 14.2. The fourth-order valence-corrected chi connectivity index (χ4v) is 6.71. The highest BCUT2D eigenvalue weighted by atomic mass is 19.1. The molecule has 2 saturated carbocycles. The van der Waals surface area contributed by atoms with E-state index in [0.29, 0.717) is 53.2 Å². The number of carbonyl (C=O) groups excluding carboxylic acids is 3. The Labute approximate surface area is 237 Å². The van der Waals surface area contributed by atoms with E-state index in [9.17, 15) is 19.6 Å². The van der Waals surface area contributed by atoms with Crippen LogP contribution in [0, 0.1) is 42.6 Å². The van der Waals surface area contributed by atoms with Crippen LogP contribution in [0.1, 0.15) is 53.6 Å². The summed E-state index contributed by atoms with van der Waals surface area (Å²) >= 11 is 0. The quantitative estimate of drug-likeness (QED) is 0.355. The molecule has 214 valence electrons. The number of amides is 3. The lowest BCUT2D eigenvalue weighted by Gasteiger charge is -2.29. The van der Waals surface area contributed by atoms with E-state index in [1.165, 1.54) is 25.6 Å². The first-order chi connectivity index (χ1) is 19.6. The van der Waals surface area contributed by atoms with Crippen molar-refractivity contribution in [3.05, 3.63) is 76.3 Å². The van der Waals surface area contributed by atoms with Crippen LogP contribution in [-0.2, 0) is 22.7 Å². The largest absolute Gasteiger partial charge is 0.618 e. The average molecular weight is 560 g/mol. The molecule has 10 heteroatoms. The van der Waals surface area contributed by atoms with Crippen molar-refractivity contribution < 1.29 is 23.5 Å². The molecular weight excluding hydrogens is 525 g/mol. The Morgan fingerprint density at radius 2 is 1.80 bits per heavy atom. The lowest BCUT2D eigenvalue weighted by atomic mass is 9.93. The number of fused-ring (bicyclic) bond motifs is 2. The Kier molecular flexibility index (Phi) is 6.79. The van der Waals surface area contributed by atoms with Crippen LogP contribution < -0.4 is 15.4 Å². The average Bonchev–Trinajstić information content (AvgIpc) is 3.33. The van der Waals surface area contributed by atoms with Crippen LogP contribution in [-0.4, -0.2) is 39.8 Å². The van der Waals surface area contributed by atoms with Crippen LogP contribution in [0.4, 0.5) is 10.1 Å². The smallest absolute Gasteiger partial charge is 0.268 e. The van der Waals surface area contributed by atoms with Gasteiger partial charge in [0.1, 0.15) is 17.6 Å². The number of carbonyl (C=O) groups is 3. The molecule has 0 bridgehead atoms. The van der Waals surface area contributed by atoms with Crippen molar-refractivity contribution in [2.24, 2.45) is 17.8 Å². The Bertz CT molecular complexity index is 1560. The topological polar surface area (TPSA) is 110 Å². The Balaban J connectivity index is 1.21. The molecule has 2 fully saturated rings. The first-order valence-electron chi connectivity index (χ1n) is 14.2. The number of halogens is 1. The molecule has 9 nitrogen and oxygen atoms in total. The maximum absolute atomic E-state index is 15.3. The molecule has 2 N–H and O–H groups in total. The summed E-state index contributed by atoms with van der Waals surface area (Å²) < 4.78 is 17.9. The molecule has 41 heavy (non-hydrogen) atoms. The molecule has 0 unspecified atom stereocenters. The molecule has 3 amide bonds. The summed E-state index contributed by atoms with van der Waals surface area (Å²) in [7, 11) is 0.